The Labute approximate surface area is 92.2 Å². The maximum absolute atomic E-state index is 11.5. The first-order valence-corrected chi connectivity index (χ1v) is 5.78. The van der Waals surface area contributed by atoms with Crippen LogP contribution in [0.2, 0.25) is 0 Å². The molecule has 0 unspecified atom stereocenters. The van der Waals surface area contributed by atoms with Crippen molar-refractivity contribution in [1.82, 2.24) is 9.80 Å². The summed E-state index contributed by atoms with van der Waals surface area (Å²) in [4.78, 5) is 15.7. The summed E-state index contributed by atoms with van der Waals surface area (Å²) in [6.45, 7) is 6.90. The number of likely N-dealkylation sites (tertiary alicyclic amines) is 1. The predicted octanol–water partition coefficient (Wildman–Crippen LogP) is 0.577. The fourth-order valence-corrected chi connectivity index (χ4v) is 1.72. The molecular formula is C11H22N2O2. The van der Waals surface area contributed by atoms with Crippen molar-refractivity contribution in [2.45, 2.75) is 19.8 Å². The van der Waals surface area contributed by atoms with Gasteiger partial charge >= 0.3 is 0 Å². The van der Waals surface area contributed by atoms with Gasteiger partial charge < -0.3 is 14.5 Å². The molecule has 15 heavy (non-hydrogen) atoms. The maximum atomic E-state index is 11.5. The van der Waals surface area contributed by atoms with Gasteiger partial charge in [0.2, 0.25) is 5.91 Å². The molecule has 0 N–H and O–H groups in total. The number of rotatable bonds is 6. The molecule has 0 aromatic rings. The normalized spacial score (nSPS) is 16.9. The summed E-state index contributed by atoms with van der Waals surface area (Å²) in [5, 5.41) is 0. The molecule has 0 atom stereocenters. The summed E-state index contributed by atoms with van der Waals surface area (Å²) in [5.41, 5.74) is 0. The number of carbonyl (C=O) groups excluding carboxylic acids is 1. The summed E-state index contributed by atoms with van der Waals surface area (Å²) in [6, 6.07) is 0. The minimum Gasteiger partial charge on any atom is -0.372 e. The largest absolute Gasteiger partial charge is 0.372 e. The SMILES string of the molecule is CCOCC(=O)N(C)CCN1CCCC1. The Morgan fingerprint density at radius 1 is 1.40 bits per heavy atom. The number of carbonyl (C=O) groups is 1. The van der Waals surface area contributed by atoms with Gasteiger partial charge in [0.1, 0.15) is 6.61 Å². The number of ether oxygens (including phenoxy) is 1. The van der Waals surface area contributed by atoms with E-state index in [2.05, 4.69) is 4.90 Å². The second-order valence-corrected chi connectivity index (χ2v) is 4.00. The first-order valence-electron chi connectivity index (χ1n) is 5.78. The van der Waals surface area contributed by atoms with Crippen LogP contribution in [0.25, 0.3) is 0 Å². The minimum atomic E-state index is 0.0797. The van der Waals surface area contributed by atoms with Crippen LogP contribution >= 0.6 is 0 Å². The van der Waals surface area contributed by atoms with E-state index in [0.717, 1.165) is 13.1 Å². The van der Waals surface area contributed by atoms with Gasteiger partial charge in [0, 0.05) is 26.7 Å². The standard InChI is InChI=1S/C11H22N2O2/c1-3-15-10-11(14)12(2)8-9-13-6-4-5-7-13/h3-10H2,1-2H3. The molecule has 1 rings (SSSR count). The second-order valence-electron chi connectivity index (χ2n) is 4.00. The van der Waals surface area contributed by atoms with E-state index in [-0.39, 0.29) is 12.5 Å². The van der Waals surface area contributed by atoms with E-state index in [9.17, 15) is 4.79 Å². The third-order valence-corrected chi connectivity index (χ3v) is 2.81. The Kier molecular flexibility index (Phi) is 5.65. The van der Waals surface area contributed by atoms with Gasteiger partial charge in [-0.3, -0.25) is 4.79 Å². The average molecular weight is 214 g/mol. The van der Waals surface area contributed by atoms with Crippen molar-refractivity contribution in [1.29, 1.82) is 0 Å². The van der Waals surface area contributed by atoms with Crippen molar-refractivity contribution < 1.29 is 9.53 Å². The molecule has 1 heterocycles. The molecule has 0 aliphatic carbocycles. The van der Waals surface area contributed by atoms with Gasteiger partial charge in [0.05, 0.1) is 0 Å². The van der Waals surface area contributed by atoms with E-state index in [1.165, 1.54) is 25.9 Å². The molecule has 4 nitrogen and oxygen atoms in total. The lowest BCUT2D eigenvalue weighted by Crippen LogP contribution is -2.37. The highest BCUT2D eigenvalue weighted by Crippen LogP contribution is 2.06. The van der Waals surface area contributed by atoms with Crippen molar-refractivity contribution >= 4 is 5.91 Å². The van der Waals surface area contributed by atoms with E-state index >= 15 is 0 Å². The highest BCUT2D eigenvalue weighted by molar-refractivity contribution is 5.77. The van der Waals surface area contributed by atoms with Gasteiger partial charge in [-0.2, -0.15) is 0 Å². The van der Waals surface area contributed by atoms with Crippen molar-refractivity contribution in [2.75, 3.05) is 46.4 Å². The molecule has 0 aromatic carbocycles. The Morgan fingerprint density at radius 3 is 2.67 bits per heavy atom. The lowest BCUT2D eigenvalue weighted by atomic mass is 10.4. The molecule has 0 saturated carbocycles. The molecule has 88 valence electrons. The number of hydrogen-bond donors (Lipinski definition) is 0. The molecule has 0 aromatic heterocycles. The Bertz CT molecular complexity index is 191. The van der Waals surface area contributed by atoms with Crippen LogP contribution in [0.1, 0.15) is 19.8 Å². The summed E-state index contributed by atoms with van der Waals surface area (Å²) >= 11 is 0. The molecule has 1 fully saturated rings. The van der Waals surface area contributed by atoms with E-state index in [1.54, 1.807) is 4.90 Å². The minimum absolute atomic E-state index is 0.0797. The number of hydrogen-bond acceptors (Lipinski definition) is 3. The molecule has 0 radical (unpaired) electrons. The zero-order chi connectivity index (χ0) is 11.1. The van der Waals surface area contributed by atoms with Crippen LogP contribution in [0.15, 0.2) is 0 Å². The molecule has 1 amide bonds. The van der Waals surface area contributed by atoms with Crippen LogP contribution in [0.3, 0.4) is 0 Å². The highest BCUT2D eigenvalue weighted by Gasteiger charge is 2.13. The molecule has 0 bridgehead atoms. The number of likely N-dealkylation sites (N-methyl/N-ethyl adjacent to an activating group) is 1. The molecule has 0 spiro atoms. The van der Waals surface area contributed by atoms with Gasteiger partial charge in [0.25, 0.3) is 0 Å². The van der Waals surface area contributed by atoms with Gasteiger partial charge in [-0.15, -0.1) is 0 Å². The van der Waals surface area contributed by atoms with Gasteiger partial charge in [-0.1, -0.05) is 0 Å². The highest BCUT2D eigenvalue weighted by atomic mass is 16.5. The zero-order valence-electron chi connectivity index (χ0n) is 9.87. The smallest absolute Gasteiger partial charge is 0.248 e. The van der Waals surface area contributed by atoms with Crippen LogP contribution in [0.4, 0.5) is 0 Å². The first kappa shape index (κ1) is 12.5. The molecular weight excluding hydrogens is 192 g/mol. The number of nitrogens with zero attached hydrogens (tertiary/aromatic N) is 2. The third-order valence-electron chi connectivity index (χ3n) is 2.81. The maximum Gasteiger partial charge on any atom is 0.248 e. The fourth-order valence-electron chi connectivity index (χ4n) is 1.72. The van der Waals surface area contributed by atoms with Gasteiger partial charge in [0.15, 0.2) is 0 Å². The Morgan fingerprint density at radius 2 is 2.07 bits per heavy atom. The van der Waals surface area contributed by atoms with Crippen molar-refractivity contribution in [3.63, 3.8) is 0 Å². The quantitative estimate of drug-likeness (QED) is 0.648. The van der Waals surface area contributed by atoms with Crippen molar-refractivity contribution in [2.24, 2.45) is 0 Å². The van der Waals surface area contributed by atoms with E-state index < -0.39 is 0 Å². The molecule has 4 heteroatoms. The fraction of sp³-hybridized carbons (Fsp3) is 0.909. The summed E-state index contributed by atoms with van der Waals surface area (Å²) in [5.74, 6) is 0.0797. The summed E-state index contributed by atoms with van der Waals surface area (Å²) in [7, 11) is 1.84. The summed E-state index contributed by atoms with van der Waals surface area (Å²) < 4.78 is 5.08. The average Bonchev–Trinajstić information content (AvgIpc) is 2.75. The van der Waals surface area contributed by atoms with Crippen LogP contribution in [-0.2, 0) is 9.53 Å². The van der Waals surface area contributed by atoms with Gasteiger partial charge in [-0.05, 0) is 32.9 Å². The van der Waals surface area contributed by atoms with Crippen molar-refractivity contribution in [3.05, 3.63) is 0 Å². The predicted molar refractivity (Wildman–Crippen MR) is 59.8 cm³/mol. The third kappa shape index (κ3) is 4.62. The molecule has 1 aliphatic rings. The monoisotopic (exact) mass is 214 g/mol. The Balaban J connectivity index is 2.10. The second kappa shape index (κ2) is 6.80. The van der Waals surface area contributed by atoms with Gasteiger partial charge in [-0.25, -0.2) is 0 Å². The van der Waals surface area contributed by atoms with Crippen LogP contribution in [-0.4, -0.2) is 62.1 Å². The molecule has 1 aliphatic heterocycles. The Hall–Kier alpha value is -0.610. The topological polar surface area (TPSA) is 32.8 Å². The number of amides is 1. The summed E-state index contributed by atoms with van der Waals surface area (Å²) in [6.07, 6.45) is 2.60. The van der Waals surface area contributed by atoms with Crippen LogP contribution in [0.5, 0.6) is 0 Å². The van der Waals surface area contributed by atoms with E-state index in [4.69, 9.17) is 4.74 Å². The van der Waals surface area contributed by atoms with Crippen LogP contribution < -0.4 is 0 Å². The first-order chi connectivity index (χ1) is 7.24. The lowest BCUT2D eigenvalue weighted by Gasteiger charge is -2.21. The van der Waals surface area contributed by atoms with Crippen molar-refractivity contribution in [3.8, 4) is 0 Å². The lowest BCUT2D eigenvalue weighted by molar-refractivity contribution is -0.134. The zero-order valence-corrected chi connectivity index (χ0v) is 9.87. The van der Waals surface area contributed by atoms with E-state index in [0.29, 0.717) is 6.61 Å². The molecule has 1 saturated heterocycles. The van der Waals surface area contributed by atoms with Crippen LogP contribution in [0, 0.1) is 0 Å². The van der Waals surface area contributed by atoms with E-state index in [1.807, 2.05) is 14.0 Å².